The maximum Gasteiger partial charge on any atom is -0.0289 e. The summed E-state index contributed by atoms with van der Waals surface area (Å²) in [5.41, 5.74) is 1.79. The van der Waals surface area contributed by atoms with Crippen LogP contribution in [0.5, 0.6) is 0 Å². The van der Waals surface area contributed by atoms with E-state index in [9.17, 15) is 0 Å². The number of rotatable bonds is 0. The van der Waals surface area contributed by atoms with E-state index >= 15 is 0 Å². The molecule has 0 bridgehead atoms. The third kappa shape index (κ3) is 5.50. The molecule has 5 fully saturated rings. The molecule has 0 nitrogen and oxygen atoms in total. The van der Waals surface area contributed by atoms with Gasteiger partial charge in [0.05, 0.1) is 0 Å². The molecule has 0 heterocycles. The van der Waals surface area contributed by atoms with Crippen molar-refractivity contribution in [1.82, 2.24) is 0 Å². The molecule has 5 saturated carbocycles. The lowest BCUT2D eigenvalue weighted by atomic mass is 9.72. The SMILES string of the molecule is C.CC.CC.CC1CC2(CC2)CC2(CC2)C1.CC1CC2CC2C1. The molecule has 5 aliphatic carbocycles. The van der Waals surface area contributed by atoms with Crippen LogP contribution in [-0.4, -0.2) is 0 Å². The molecule has 138 valence electrons. The van der Waals surface area contributed by atoms with Crippen molar-refractivity contribution in [2.45, 2.75) is 113 Å². The van der Waals surface area contributed by atoms with Gasteiger partial charge in [-0.05, 0) is 98.7 Å². The number of fused-ring (bicyclic) bond motifs is 1. The summed E-state index contributed by atoms with van der Waals surface area (Å²) in [7, 11) is 0. The second-order valence-corrected chi connectivity index (χ2v) is 9.02. The van der Waals surface area contributed by atoms with Crippen molar-refractivity contribution in [1.29, 1.82) is 0 Å². The normalized spacial score (nSPS) is 38.3. The van der Waals surface area contributed by atoms with E-state index in [0.29, 0.717) is 0 Å². The molecule has 0 N–H and O–H groups in total. The first-order chi connectivity index (χ1) is 10.6. The lowest BCUT2D eigenvalue weighted by molar-refractivity contribution is 0.172. The second kappa shape index (κ2) is 8.39. The van der Waals surface area contributed by atoms with Crippen molar-refractivity contribution in [3.05, 3.63) is 0 Å². The highest BCUT2D eigenvalue weighted by Crippen LogP contribution is 2.69. The molecule has 23 heavy (non-hydrogen) atoms. The van der Waals surface area contributed by atoms with Crippen molar-refractivity contribution in [2.24, 2.45) is 34.5 Å². The van der Waals surface area contributed by atoms with Gasteiger partial charge in [-0.25, -0.2) is 0 Å². The van der Waals surface area contributed by atoms with Crippen LogP contribution in [0.25, 0.3) is 0 Å². The van der Waals surface area contributed by atoms with Crippen molar-refractivity contribution in [3.8, 4) is 0 Å². The van der Waals surface area contributed by atoms with E-state index in [2.05, 4.69) is 13.8 Å². The molecular formula is C23H46. The van der Waals surface area contributed by atoms with Crippen LogP contribution in [0.4, 0.5) is 0 Å². The first-order valence-corrected chi connectivity index (χ1v) is 10.6. The molecule has 2 spiro atoms. The van der Waals surface area contributed by atoms with Gasteiger partial charge in [0.2, 0.25) is 0 Å². The molecule has 2 unspecified atom stereocenters. The third-order valence-corrected chi connectivity index (χ3v) is 6.71. The summed E-state index contributed by atoms with van der Waals surface area (Å²) in [5, 5.41) is 0. The van der Waals surface area contributed by atoms with Gasteiger partial charge in [0.15, 0.2) is 0 Å². The van der Waals surface area contributed by atoms with Crippen LogP contribution >= 0.6 is 0 Å². The minimum atomic E-state index is 0. The minimum absolute atomic E-state index is 0. The van der Waals surface area contributed by atoms with Crippen LogP contribution in [0.1, 0.15) is 113 Å². The standard InChI is InChI=1S/C11H18.C7H12.2C2H6.CH4/c1-9-6-10(2-3-10)8-11(7-9)4-5-11;1-5-2-6-4-7(6)3-5;2*1-2;/h9H,2-8H2,1H3;5-7H,2-4H2,1H3;2*1-2H3;1H4. The Morgan fingerprint density at radius 3 is 1.26 bits per heavy atom. The predicted molar refractivity (Wildman–Crippen MR) is 106 cm³/mol. The Morgan fingerprint density at radius 1 is 0.609 bits per heavy atom. The van der Waals surface area contributed by atoms with E-state index in [1.807, 2.05) is 27.7 Å². The Balaban J connectivity index is 0.000000193. The molecule has 0 aliphatic heterocycles. The molecule has 0 saturated heterocycles. The van der Waals surface area contributed by atoms with Gasteiger partial charge >= 0.3 is 0 Å². The van der Waals surface area contributed by atoms with E-state index in [1.54, 1.807) is 64.2 Å². The Hall–Kier alpha value is 0. The molecule has 0 aromatic carbocycles. The van der Waals surface area contributed by atoms with Gasteiger partial charge in [0.1, 0.15) is 0 Å². The molecule has 2 atom stereocenters. The molecule has 5 rings (SSSR count). The monoisotopic (exact) mass is 322 g/mol. The third-order valence-electron chi connectivity index (χ3n) is 6.71. The zero-order valence-electron chi connectivity index (χ0n) is 16.4. The fraction of sp³-hybridized carbons (Fsp3) is 1.00. The molecule has 0 aromatic heterocycles. The highest BCUT2D eigenvalue weighted by Gasteiger charge is 2.57. The first-order valence-electron chi connectivity index (χ1n) is 10.6. The van der Waals surface area contributed by atoms with E-state index < -0.39 is 0 Å². The quantitative estimate of drug-likeness (QED) is 0.422. The highest BCUT2D eigenvalue weighted by atomic mass is 14.6. The fourth-order valence-corrected chi connectivity index (χ4v) is 5.62. The smallest absolute Gasteiger partial charge is 0.0289 e. The van der Waals surface area contributed by atoms with E-state index in [1.165, 1.54) is 11.8 Å². The number of hydrogen-bond acceptors (Lipinski definition) is 0. The largest absolute Gasteiger partial charge is 0.0776 e. The summed E-state index contributed by atoms with van der Waals surface area (Å²) in [6, 6.07) is 0. The number of hydrogen-bond donors (Lipinski definition) is 0. The zero-order chi connectivity index (χ0) is 16.4. The van der Waals surface area contributed by atoms with E-state index in [0.717, 1.165) is 22.7 Å². The Labute approximate surface area is 148 Å². The van der Waals surface area contributed by atoms with Gasteiger partial charge in [-0.15, -0.1) is 0 Å². The summed E-state index contributed by atoms with van der Waals surface area (Å²) in [6.07, 6.45) is 15.7. The van der Waals surface area contributed by atoms with Crippen LogP contribution in [0, 0.1) is 34.5 Å². The maximum atomic E-state index is 2.47. The van der Waals surface area contributed by atoms with Crippen molar-refractivity contribution >= 4 is 0 Å². The Bertz CT molecular complexity index is 304. The van der Waals surface area contributed by atoms with Crippen molar-refractivity contribution < 1.29 is 0 Å². The van der Waals surface area contributed by atoms with Gasteiger partial charge in [0.25, 0.3) is 0 Å². The van der Waals surface area contributed by atoms with E-state index in [4.69, 9.17) is 0 Å². The maximum absolute atomic E-state index is 2.47. The van der Waals surface area contributed by atoms with Gasteiger partial charge in [-0.3, -0.25) is 0 Å². The topological polar surface area (TPSA) is 0 Å². The molecular weight excluding hydrogens is 276 g/mol. The second-order valence-electron chi connectivity index (χ2n) is 9.02. The summed E-state index contributed by atoms with van der Waals surface area (Å²) < 4.78 is 0. The van der Waals surface area contributed by atoms with Crippen LogP contribution in [0.15, 0.2) is 0 Å². The molecule has 0 radical (unpaired) electrons. The van der Waals surface area contributed by atoms with Gasteiger partial charge in [-0.2, -0.15) is 0 Å². The Morgan fingerprint density at radius 2 is 1.00 bits per heavy atom. The van der Waals surface area contributed by atoms with Crippen LogP contribution in [-0.2, 0) is 0 Å². The van der Waals surface area contributed by atoms with Gasteiger partial charge in [0, 0.05) is 0 Å². The predicted octanol–water partition coefficient (Wildman–Crippen LogP) is 8.11. The van der Waals surface area contributed by atoms with Crippen molar-refractivity contribution in [3.63, 3.8) is 0 Å². The molecule has 0 aromatic rings. The van der Waals surface area contributed by atoms with Crippen LogP contribution in [0.3, 0.4) is 0 Å². The molecule has 0 heteroatoms. The lowest BCUT2D eigenvalue weighted by Crippen LogP contribution is -2.23. The van der Waals surface area contributed by atoms with Gasteiger partial charge in [-0.1, -0.05) is 49.0 Å². The van der Waals surface area contributed by atoms with Gasteiger partial charge < -0.3 is 0 Å². The average molecular weight is 323 g/mol. The summed E-state index contributed by atoms with van der Waals surface area (Å²) in [6.45, 7) is 12.9. The van der Waals surface area contributed by atoms with Crippen LogP contribution in [0.2, 0.25) is 0 Å². The minimum Gasteiger partial charge on any atom is -0.0776 e. The average Bonchev–Trinajstić information content (AvgIpc) is 3.46. The highest BCUT2D eigenvalue weighted by molar-refractivity contribution is 5.08. The molecule has 5 aliphatic rings. The van der Waals surface area contributed by atoms with Crippen molar-refractivity contribution in [2.75, 3.05) is 0 Å². The zero-order valence-corrected chi connectivity index (χ0v) is 16.4. The summed E-state index contributed by atoms with van der Waals surface area (Å²) in [4.78, 5) is 0. The fourth-order valence-electron chi connectivity index (χ4n) is 5.62. The Kier molecular flexibility index (Phi) is 7.68. The summed E-state index contributed by atoms with van der Waals surface area (Å²) >= 11 is 0. The summed E-state index contributed by atoms with van der Waals surface area (Å²) in [5.74, 6) is 4.50. The first kappa shape index (κ1) is 21.0. The van der Waals surface area contributed by atoms with Crippen LogP contribution < -0.4 is 0 Å². The van der Waals surface area contributed by atoms with E-state index in [-0.39, 0.29) is 7.43 Å². The molecule has 0 amide bonds. The lowest BCUT2D eigenvalue weighted by Gasteiger charge is -2.33.